The van der Waals surface area contributed by atoms with Crippen LogP contribution in [0.15, 0.2) is 60.7 Å². The zero-order valence-electron chi connectivity index (χ0n) is 9.51. The van der Waals surface area contributed by atoms with Gasteiger partial charge in [-0.2, -0.15) is 0 Å². The van der Waals surface area contributed by atoms with Crippen LogP contribution in [0.2, 0.25) is 0 Å². The molecule has 0 unspecified atom stereocenters. The molecule has 2 nitrogen and oxygen atoms in total. The summed E-state index contributed by atoms with van der Waals surface area (Å²) in [5.74, 6) is 0.108. The lowest BCUT2D eigenvalue weighted by Gasteiger charge is -2.06. The highest BCUT2D eigenvalue weighted by molar-refractivity contribution is 5.79. The monoisotopic (exact) mass is 239 g/mol. The van der Waals surface area contributed by atoms with Gasteiger partial charge in [-0.25, -0.2) is 9.37 Å². The molecule has 0 N–H and O–H groups in total. The van der Waals surface area contributed by atoms with Crippen molar-refractivity contribution in [2.75, 3.05) is 0 Å². The van der Waals surface area contributed by atoms with Crippen LogP contribution in [0.4, 0.5) is 4.39 Å². The van der Waals surface area contributed by atoms with Gasteiger partial charge in [-0.15, -0.1) is 0 Å². The molecule has 0 aliphatic carbocycles. The summed E-state index contributed by atoms with van der Waals surface area (Å²) >= 11 is 0. The molecule has 1 aromatic heterocycles. The van der Waals surface area contributed by atoms with Gasteiger partial charge in [0.15, 0.2) is 5.82 Å². The minimum Gasteiger partial charge on any atom is -0.436 e. The lowest BCUT2D eigenvalue weighted by molar-refractivity contribution is 0.425. The number of ether oxygens (including phenoxy) is 1. The van der Waals surface area contributed by atoms with Crippen LogP contribution in [-0.4, -0.2) is 4.98 Å². The van der Waals surface area contributed by atoms with E-state index in [1.165, 1.54) is 6.07 Å². The molecule has 0 bridgehead atoms. The van der Waals surface area contributed by atoms with E-state index in [1.54, 1.807) is 12.1 Å². The smallest absolute Gasteiger partial charge is 0.256 e. The maximum absolute atomic E-state index is 13.8. The van der Waals surface area contributed by atoms with Crippen molar-refractivity contribution in [2.45, 2.75) is 0 Å². The molecule has 0 amide bonds. The molecule has 0 atom stereocenters. The van der Waals surface area contributed by atoms with Crippen molar-refractivity contribution in [2.24, 2.45) is 0 Å². The standard InChI is InChI=1S/C15H10FNO/c16-13-10-11-6-4-5-9-14(11)17-15(13)18-12-7-2-1-3-8-12/h1-10H. The first-order valence-electron chi connectivity index (χ1n) is 5.61. The Bertz CT molecular complexity index is 682. The van der Waals surface area contributed by atoms with E-state index in [9.17, 15) is 4.39 Å². The molecule has 0 saturated carbocycles. The Morgan fingerprint density at radius 1 is 0.889 bits per heavy atom. The molecule has 0 spiro atoms. The minimum atomic E-state index is -0.461. The van der Waals surface area contributed by atoms with E-state index in [2.05, 4.69) is 4.98 Å². The van der Waals surface area contributed by atoms with Crippen LogP contribution in [-0.2, 0) is 0 Å². The van der Waals surface area contributed by atoms with Gasteiger partial charge in [0, 0.05) is 5.39 Å². The average Bonchev–Trinajstić information content (AvgIpc) is 2.41. The van der Waals surface area contributed by atoms with Gasteiger partial charge in [-0.05, 0) is 24.3 Å². The molecule has 3 heteroatoms. The summed E-state index contributed by atoms with van der Waals surface area (Å²) < 4.78 is 19.2. The fraction of sp³-hybridized carbons (Fsp3) is 0. The molecule has 0 radical (unpaired) electrons. The maximum Gasteiger partial charge on any atom is 0.256 e. The second-order valence-corrected chi connectivity index (χ2v) is 3.88. The quantitative estimate of drug-likeness (QED) is 0.669. The molecular formula is C15H10FNO. The summed E-state index contributed by atoms with van der Waals surface area (Å²) in [5.41, 5.74) is 0.713. The predicted molar refractivity (Wildman–Crippen MR) is 68.2 cm³/mol. The Kier molecular flexibility index (Phi) is 2.65. The second-order valence-electron chi connectivity index (χ2n) is 3.88. The van der Waals surface area contributed by atoms with Crippen LogP contribution in [0.1, 0.15) is 0 Å². The van der Waals surface area contributed by atoms with Crippen molar-refractivity contribution in [1.29, 1.82) is 0 Å². The summed E-state index contributed by atoms with van der Waals surface area (Å²) in [5, 5.41) is 0.760. The molecule has 2 aromatic carbocycles. The third-order valence-electron chi connectivity index (χ3n) is 2.60. The normalized spacial score (nSPS) is 10.5. The summed E-state index contributed by atoms with van der Waals surface area (Å²) in [6.45, 7) is 0. The number of aromatic nitrogens is 1. The fourth-order valence-electron chi connectivity index (χ4n) is 1.74. The number of rotatable bonds is 2. The second kappa shape index (κ2) is 4.45. The van der Waals surface area contributed by atoms with Crippen molar-refractivity contribution in [1.82, 2.24) is 4.98 Å². The topological polar surface area (TPSA) is 22.1 Å². The fourth-order valence-corrected chi connectivity index (χ4v) is 1.74. The van der Waals surface area contributed by atoms with Crippen molar-refractivity contribution >= 4 is 10.9 Å². The van der Waals surface area contributed by atoms with Crippen molar-refractivity contribution < 1.29 is 9.13 Å². The third kappa shape index (κ3) is 2.02. The zero-order valence-corrected chi connectivity index (χ0v) is 9.51. The molecule has 88 valence electrons. The minimum absolute atomic E-state index is 0.0000926. The van der Waals surface area contributed by atoms with Gasteiger partial charge in [0.25, 0.3) is 5.88 Å². The van der Waals surface area contributed by atoms with Crippen LogP contribution in [0.5, 0.6) is 11.6 Å². The van der Waals surface area contributed by atoms with Crippen LogP contribution in [0, 0.1) is 5.82 Å². The molecule has 0 aliphatic rings. The molecule has 0 aliphatic heterocycles. The maximum atomic E-state index is 13.8. The van der Waals surface area contributed by atoms with Crippen LogP contribution < -0.4 is 4.74 Å². The average molecular weight is 239 g/mol. The van der Waals surface area contributed by atoms with Gasteiger partial charge in [-0.1, -0.05) is 36.4 Å². The number of hydrogen-bond acceptors (Lipinski definition) is 2. The highest BCUT2D eigenvalue weighted by atomic mass is 19.1. The third-order valence-corrected chi connectivity index (χ3v) is 2.60. The first-order chi connectivity index (χ1) is 8.83. The SMILES string of the molecule is Fc1cc2ccccc2nc1Oc1ccccc1. The van der Waals surface area contributed by atoms with E-state index in [4.69, 9.17) is 4.74 Å². The van der Waals surface area contributed by atoms with Gasteiger partial charge >= 0.3 is 0 Å². The van der Waals surface area contributed by atoms with E-state index in [0.717, 1.165) is 5.39 Å². The van der Waals surface area contributed by atoms with Crippen molar-refractivity contribution in [3.63, 3.8) is 0 Å². The van der Waals surface area contributed by atoms with Crippen LogP contribution in [0.3, 0.4) is 0 Å². The molecule has 0 fully saturated rings. The van der Waals surface area contributed by atoms with Crippen LogP contribution >= 0.6 is 0 Å². The highest BCUT2D eigenvalue weighted by Crippen LogP contribution is 2.25. The largest absolute Gasteiger partial charge is 0.436 e. The number of halogens is 1. The molecular weight excluding hydrogens is 229 g/mol. The van der Waals surface area contributed by atoms with Gasteiger partial charge in [-0.3, -0.25) is 0 Å². The van der Waals surface area contributed by atoms with E-state index >= 15 is 0 Å². The van der Waals surface area contributed by atoms with Crippen molar-refractivity contribution in [3.05, 3.63) is 66.5 Å². The van der Waals surface area contributed by atoms with E-state index < -0.39 is 5.82 Å². The number of pyridine rings is 1. The lowest BCUT2D eigenvalue weighted by Crippen LogP contribution is -1.92. The number of hydrogen-bond donors (Lipinski definition) is 0. The Hall–Kier alpha value is -2.42. The van der Waals surface area contributed by atoms with Gasteiger partial charge < -0.3 is 4.74 Å². The Morgan fingerprint density at radius 3 is 2.44 bits per heavy atom. The van der Waals surface area contributed by atoms with Crippen molar-refractivity contribution in [3.8, 4) is 11.6 Å². The van der Waals surface area contributed by atoms with Crippen LogP contribution in [0.25, 0.3) is 10.9 Å². The lowest BCUT2D eigenvalue weighted by atomic mass is 10.2. The molecule has 1 heterocycles. The summed E-state index contributed by atoms with van der Waals surface area (Å²) in [4.78, 5) is 4.17. The first-order valence-corrected chi connectivity index (χ1v) is 5.61. The predicted octanol–water partition coefficient (Wildman–Crippen LogP) is 4.17. The Balaban J connectivity index is 2.04. The van der Waals surface area contributed by atoms with Gasteiger partial charge in [0.05, 0.1) is 5.52 Å². The van der Waals surface area contributed by atoms with E-state index in [-0.39, 0.29) is 5.88 Å². The number of nitrogens with zero attached hydrogens (tertiary/aromatic N) is 1. The van der Waals surface area contributed by atoms with E-state index in [1.807, 2.05) is 42.5 Å². The Labute approximate surface area is 104 Å². The summed E-state index contributed by atoms with van der Waals surface area (Å²) in [6.07, 6.45) is 0. The number of fused-ring (bicyclic) bond motifs is 1. The van der Waals surface area contributed by atoms with Gasteiger partial charge in [0.1, 0.15) is 5.75 Å². The molecule has 0 saturated heterocycles. The molecule has 3 rings (SSSR count). The first kappa shape index (κ1) is 10.7. The molecule has 18 heavy (non-hydrogen) atoms. The zero-order chi connectivity index (χ0) is 12.4. The highest BCUT2D eigenvalue weighted by Gasteiger charge is 2.08. The summed E-state index contributed by atoms with van der Waals surface area (Å²) in [7, 11) is 0. The summed E-state index contributed by atoms with van der Waals surface area (Å²) in [6, 6.07) is 17.8. The Morgan fingerprint density at radius 2 is 1.61 bits per heavy atom. The number of benzene rings is 2. The molecule has 3 aromatic rings. The number of para-hydroxylation sites is 2. The van der Waals surface area contributed by atoms with Gasteiger partial charge in [0.2, 0.25) is 0 Å². The van der Waals surface area contributed by atoms with E-state index in [0.29, 0.717) is 11.3 Å².